The minimum atomic E-state index is -0.411. The molecule has 0 N–H and O–H groups in total. The van der Waals surface area contributed by atoms with Gasteiger partial charge >= 0.3 is 5.97 Å². The highest BCUT2D eigenvalue weighted by atomic mass is 16.5. The van der Waals surface area contributed by atoms with Gasteiger partial charge in [0.25, 0.3) is 0 Å². The van der Waals surface area contributed by atoms with Gasteiger partial charge in [-0.2, -0.15) is 0 Å². The number of Topliss-reactive ketones (excluding diaryl/α,β-unsaturated/α-hetero) is 1. The third kappa shape index (κ3) is 1.81. The predicted molar refractivity (Wildman–Crippen MR) is 54.3 cm³/mol. The maximum atomic E-state index is 11.7. The molecule has 3 heteroatoms. The Morgan fingerprint density at radius 2 is 2.13 bits per heavy atom. The van der Waals surface area contributed by atoms with Crippen LogP contribution in [0.1, 0.15) is 22.8 Å². The predicted octanol–water partition coefficient (Wildman–Crippen LogP) is 1.87. The number of fused-ring (bicyclic) bond motifs is 1. The molecule has 0 bridgehead atoms. The summed E-state index contributed by atoms with van der Waals surface area (Å²) in [6, 6.07) is 7.40. The van der Waals surface area contributed by atoms with Crippen LogP contribution in [0.2, 0.25) is 0 Å². The van der Waals surface area contributed by atoms with Gasteiger partial charge in [0.15, 0.2) is 5.78 Å². The quantitative estimate of drug-likeness (QED) is 0.396. The van der Waals surface area contributed by atoms with E-state index < -0.39 is 5.97 Å². The van der Waals surface area contributed by atoms with Gasteiger partial charge in [-0.25, -0.2) is 0 Å². The van der Waals surface area contributed by atoms with Crippen LogP contribution in [0.4, 0.5) is 0 Å². The van der Waals surface area contributed by atoms with E-state index in [1.807, 2.05) is 18.2 Å². The molecule has 3 nitrogen and oxygen atoms in total. The molecule has 0 heterocycles. The van der Waals surface area contributed by atoms with E-state index in [1.54, 1.807) is 6.07 Å². The molecule has 0 fully saturated rings. The van der Waals surface area contributed by atoms with Crippen molar-refractivity contribution < 1.29 is 14.3 Å². The van der Waals surface area contributed by atoms with Crippen LogP contribution in [0.25, 0.3) is 0 Å². The van der Waals surface area contributed by atoms with Gasteiger partial charge in [0.1, 0.15) is 6.26 Å². The van der Waals surface area contributed by atoms with E-state index in [1.165, 1.54) is 13.2 Å². The van der Waals surface area contributed by atoms with Gasteiger partial charge in [0, 0.05) is 24.5 Å². The molecule has 76 valence electrons. The number of esters is 1. The molecule has 0 amide bonds. The van der Waals surface area contributed by atoms with Crippen LogP contribution in [0.15, 0.2) is 36.1 Å². The molecule has 15 heavy (non-hydrogen) atoms. The Bertz CT molecular complexity index is 458. The third-order valence-corrected chi connectivity index (χ3v) is 2.30. The lowest BCUT2D eigenvalue weighted by Gasteiger charge is -1.94. The lowest BCUT2D eigenvalue weighted by atomic mass is 10.1. The van der Waals surface area contributed by atoms with Crippen molar-refractivity contribution in [1.82, 2.24) is 0 Å². The average molecular weight is 202 g/mol. The van der Waals surface area contributed by atoms with Gasteiger partial charge in [-0.3, -0.25) is 9.59 Å². The van der Waals surface area contributed by atoms with E-state index in [9.17, 15) is 9.59 Å². The van der Waals surface area contributed by atoms with E-state index in [2.05, 4.69) is 0 Å². The molecule has 0 radical (unpaired) electrons. The first-order chi connectivity index (χ1) is 7.18. The fraction of sp³-hybridized carbons (Fsp3) is 0.167. The van der Waals surface area contributed by atoms with E-state index in [0.29, 0.717) is 17.6 Å². The summed E-state index contributed by atoms with van der Waals surface area (Å²) >= 11 is 0. The van der Waals surface area contributed by atoms with Crippen molar-refractivity contribution in [3.8, 4) is 0 Å². The lowest BCUT2D eigenvalue weighted by Crippen LogP contribution is -1.98. The Hall–Kier alpha value is -1.90. The number of carbonyl (C=O) groups is 2. The van der Waals surface area contributed by atoms with Gasteiger partial charge in [-0.1, -0.05) is 24.3 Å². The van der Waals surface area contributed by atoms with Gasteiger partial charge in [-0.15, -0.1) is 0 Å². The van der Waals surface area contributed by atoms with Crippen LogP contribution in [-0.2, 0) is 16.0 Å². The minimum absolute atomic E-state index is 0.0492. The fourth-order valence-electron chi connectivity index (χ4n) is 1.60. The number of hydrogen-bond acceptors (Lipinski definition) is 3. The van der Waals surface area contributed by atoms with Crippen LogP contribution in [0, 0.1) is 0 Å². The number of ketones is 1. The van der Waals surface area contributed by atoms with E-state index in [0.717, 1.165) is 5.56 Å². The van der Waals surface area contributed by atoms with Crippen molar-refractivity contribution in [3.63, 3.8) is 0 Å². The molecule has 0 saturated heterocycles. The number of allylic oxidation sites excluding steroid dienone is 1. The summed E-state index contributed by atoms with van der Waals surface area (Å²) in [6.07, 6.45) is 1.80. The highest BCUT2D eigenvalue weighted by molar-refractivity contribution is 6.13. The molecule has 0 aliphatic heterocycles. The van der Waals surface area contributed by atoms with Crippen molar-refractivity contribution in [2.45, 2.75) is 13.3 Å². The fourth-order valence-corrected chi connectivity index (χ4v) is 1.60. The SMILES string of the molecule is CC(=O)O/C=C1\Cc2ccccc2C1=O. The third-order valence-electron chi connectivity index (χ3n) is 2.30. The van der Waals surface area contributed by atoms with E-state index in [-0.39, 0.29) is 5.78 Å². The molecule has 0 aromatic heterocycles. The topological polar surface area (TPSA) is 43.4 Å². The number of ether oxygens (including phenoxy) is 1. The summed E-state index contributed by atoms with van der Waals surface area (Å²) < 4.78 is 4.71. The van der Waals surface area contributed by atoms with Gasteiger partial charge in [-0.05, 0) is 5.56 Å². The zero-order valence-electron chi connectivity index (χ0n) is 8.32. The van der Waals surface area contributed by atoms with E-state index in [4.69, 9.17) is 4.74 Å². The van der Waals surface area contributed by atoms with Crippen molar-refractivity contribution in [1.29, 1.82) is 0 Å². The first-order valence-electron chi connectivity index (χ1n) is 4.67. The van der Waals surface area contributed by atoms with Gasteiger partial charge < -0.3 is 4.74 Å². The van der Waals surface area contributed by atoms with Crippen LogP contribution >= 0.6 is 0 Å². The molecule has 0 saturated carbocycles. The Morgan fingerprint density at radius 1 is 1.40 bits per heavy atom. The Kier molecular flexibility index (Phi) is 2.37. The summed E-state index contributed by atoms with van der Waals surface area (Å²) in [5.41, 5.74) is 2.23. The normalized spacial score (nSPS) is 16.6. The maximum absolute atomic E-state index is 11.7. The zero-order chi connectivity index (χ0) is 10.8. The first kappa shape index (κ1) is 9.65. The Labute approximate surface area is 87.4 Å². The summed E-state index contributed by atoms with van der Waals surface area (Å²) in [5, 5.41) is 0. The summed E-state index contributed by atoms with van der Waals surface area (Å²) in [7, 11) is 0. The molecular formula is C12H10O3. The lowest BCUT2D eigenvalue weighted by molar-refractivity contribution is -0.135. The number of benzene rings is 1. The summed E-state index contributed by atoms with van der Waals surface area (Å²) in [5.74, 6) is -0.460. The average Bonchev–Trinajstić information content (AvgIpc) is 2.54. The molecule has 0 unspecified atom stereocenters. The van der Waals surface area contributed by atoms with Crippen molar-refractivity contribution in [2.75, 3.05) is 0 Å². The molecule has 0 spiro atoms. The summed E-state index contributed by atoms with van der Waals surface area (Å²) in [6.45, 7) is 1.31. The van der Waals surface area contributed by atoms with Crippen LogP contribution in [0.5, 0.6) is 0 Å². The molecule has 1 aliphatic rings. The molecular weight excluding hydrogens is 192 g/mol. The standard InChI is InChI=1S/C12H10O3/c1-8(13)15-7-10-6-9-4-2-3-5-11(9)12(10)14/h2-5,7H,6H2,1H3/b10-7+. The Balaban J connectivity index is 2.27. The number of carbonyl (C=O) groups excluding carboxylic acids is 2. The second-order valence-corrected chi connectivity index (χ2v) is 3.42. The molecule has 1 aromatic carbocycles. The number of rotatable bonds is 1. The van der Waals surface area contributed by atoms with Crippen molar-refractivity contribution in [2.24, 2.45) is 0 Å². The second-order valence-electron chi connectivity index (χ2n) is 3.42. The Morgan fingerprint density at radius 3 is 2.80 bits per heavy atom. The van der Waals surface area contributed by atoms with Gasteiger partial charge in [0.2, 0.25) is 0 Å². The zero-order valence-corrected chi connectivity index (χ0v) is 8.32. The second kappa shape index (κ2) is 3.69. The van der Waals surface area contributed by atoms with Crippen molar-refractivity contribution >= 4 is 11.8 Å². The molecule has 1 aliphatic carbocycles. The number of hydrogen-bond donors (Lipinski definition) is 0. The van der Waals surface area contributed by atoms with Crippen LogP contribution < -0.4 is 0 Å². The van der Waals surface area contributed by atoms with E-state index >= 15 is 0 Å². The molecule has 0 atom stereocenters. The molecule has 1 aromatic rings. The largest absolute Gasteiger partial charge is 0.434 e. The smallest absolute Gasteiger partial charge is 0.307 e. The highest BCUT2D eigenvalue weighted by Crippen LogP contribution is 2.25. The van der Waals surface area contributed by atoms with Crippen LogP contribution in [0.3, 0.4) is 0 Å². The molecule has 2 rings (SSSR count). The summed E-state index contributed by atoms with van der Waals surface area (Å²) in [4.78, 5) is 22.4. The highest BCUT2D eigenvalue weighted by Gasteiger charge is 2.24. The van der Waals surface area contributed by atoms with Crippen LogP contribution in [-0.4, -0.2) is 11.8 Å². The van der Waals surface area contributed by atoms with Crippen molar-refractivity contribution in [3.05, 3.63) is 47.2 Å². The van der Waals surface area contributed by atoms with Gasteiger partial charge in [0.05, 0.1) is 0 Å². The first-order valence-corrected chi connectivity index (χ1v) is 4.67. The maximum Gasteiger partial charge on any atom is 0.307 e. The minimum Gasteiger partial charge on any atom is -0.434 e. The monoisotopic (exact) mass is 202 g/mol.